The molecule has 0 saturated carbocycles. The van der Waals surface area contributed by atoms with Gasteiger partial charge in [-0.2, -0.15) is 5.26 Å². The van der Waals surface area contributed by atoms with Crippen LogP contribution >= 0.6 is 11.6 Å². The van der Waals surface area contributed by atoms with E-state index < -0.39 is 5.54 Å². The lowest BCUT2D eigenvalue weighted by molar-refractivity contribution is -0.133. The predicted octanol–water partition coefficient (Wildman–Crippen LogP) is 3.65. The number of benzene rings is 1. The molecule has 0 radical (unpaired) electrons. The van der Waals surface area contributed by atoms with E-state index in [9.17, 15) is 4.79 Å². The maximum atomic E-state index is 12.5. The molecule has 104 valence electrons. The Morgan fingerprint density at radius 1 is 1.40 bits per heavy atom. The Hall–Kier alpha value is -1.79. The molecule has 1 aliphatic rings. The van der Waals surface area contributed by atoms with Crippen molar-refractivity contribution in [2.75, 3.05) is 6.54 Å². The number of rotatable bonds is 2. The standard InChI is InChI=1S/C16H17ClN2O/c1-11-7-8-19(15(20)14(11)10-18)16(2,3)12-5-4-6-13(17)9-12/h4-6,9H,7-8H2,1-3H3. The van der Waals surface area contributed by atoms with Gasteiger partial charge < -0.3 is 4.90 Å². The van der Waals surface area contributed by atoms with Gasteiger partial charge in [0.1, 0.15) is 11.6 Å². The summed E-state index contributed by atoms with van der Waals surface area (Å²) < 4.78 is 0. The third kappa shape index (κ3) is 2.44. The van der Waals surface area contributed by atoms with Gasteiger partial charge in [0.15, 0.2) is 0 Å². The van der Waals surface area contributed by atoms with E-state index in [2.05, 4.69) is 0 Å². The van der Waals surface area contributed by atoms with Crippen LogP contribution in [-0.4, -0.2) is 17.4 Å². The molecule has 1 amide bonds. The monoisotopic (exact) mass is 288 g/mol. The molecule has 0 bridgehead atoms. The highest BCUT2D eigenvalue weighted by atomic mass is 35.5. The number of nitriles is 1. The fourth-order valence-corrected chi connectivity index (χ4v) is 2.72. The van der Waals surface area contributed by atoms with E-state index in [1.54, 1.807) is 4.90 Å². The first-order valence-corrected chi connectivity index (χ1v) is 6.93. The first-order valence-electron chi connectivity index (χ1n) is 6.56. The van der Waals surface area contributed by atoms with Gasteiger partial charge in [-0.3, -0.25) is 4.79 Å². The molecule has 0 unspecified atom stereocenters. The summed E-state index contributed by atoms with van der Waals surface area (Å²) in [6, 6.07) is 9.54. The molecular formula is C16H17ClN2O. The third-order valence-electron chi connectivity index (χ3n) is 3.91. The normalized spacial score (nSPS) is 16.4. The lowest BCUT2D eigenvalue weighted by Crippen LogP contribution is -2.48. The molecule has 1 heterocycles. The van der Waals surface area contributed by atoms with Crippen LogP contribution in [0.2, 0.25) is 5.02 Å². The number of nitrogens with zero attached hydrogens (tertiary/aromatic N) is 2. The van der Waals surface area contributed by atoms with Crippen molar-refractivity contribution >= 4 is 17.5 Å². The minimum atomic E-state index is -0.495. The van der Waals surface area contributed by atoms with Crippen molar-refractivity contribution in [3.63, 3.8) is 0 Å². The summed E-state index contributed by atoms with van der Waals surface area (Å²) in [6.45, 7) is 6.42. The van der Waals surface area contributed by atoms with Crippen molar-refractivity contribution in [3.8, 4) is 6.07 Å². The molecule has 0 atom stereocenters. The molecule has 1 aromatic carbocycles. The summed E-state index contributed by atoms with van der Waals surface area (Å²) >= 11 is 6.04. The minimum Gasteiger partial charge on any atom is -0.329 e. The Labute approximate surface area is 124 Å². The second-order valence-electron chi connectivity index (χ2n) is 5.54. The highest BCUT2D eigenvalue weighted by Gasteiger charge is 2.36. The SMILES string of the molecule is CC1=C(C#N)C(=O)N(C(C)(C)c2cccc(Cl)c2)CC1. The van der Waals surface area contributed by atoms with Crippen LogP contribution in [-0.2, 0) is 10.3 Å². The van der Waals surface area contributed by atoms with Crippen LogP contribution in [0.3, 0.4) is 0 Å². The smallest absolute Gasteiger partial charge is 0.265 e. The molecule has 3 nitrogen and oxygen atoms in total. The molecular weight excluding hydrogens is 272 g/mol. The fraction of sp³-hybridized carbons (Fsp3) is 0.375. The fourth-order valence-electron chi connectivity index (χ4n) is 2.53. The number of carbonyl (C=O) groups is 1. The van der Waals surface area contributed by atoms with Gasteiger partial charge >= 0.3 is 0 Å². The topological polar surface area (TPSA) is 44.1 Å². The number of hydrogen-bond acceptors (Lipinski definition) is 2. The largest absolute Gasteiger partial charge is 0.329 e. The quantitative estimate of drug-likeness (QED) is 0.834. The average Bonchev–Trinajstić information content (AvgIpc) is 2.39. The van der Waals surface area contributed by atoms with Gasteiger partial charge in [-0.15, -0.1) is 0 Å². The van der Waals surface area contributed by atoms with E-state index in [1.807, 2.05) is 51.1 Å². The molecule has 2 rings (SSSR count). The molecule has 1 aliphatic heterocycles. The first kappa shape index (κ1) is 14.6. The first-order chi connectivity index (χ1) is 9.37. The van der Waals surface area contributed by atoms with Gasteiger partial charge in [-0.05, 0) is 50.5 Å². The molecule has 0 spiro atoms. The van der Waals surface area contributed by atoms with E-state index in [1.165, 1.54) is 0 Å². The van der Waals surface area contributed by atoms with E-state index in [-0.39, 0.29) is 11.5 Å². The van der Waals surface area contributed by atoms with Crippen molar-refractivity contribution in [1.29, 1.82) is 5.26 Å². The van der Waals surface area contributed by atoms with Gasteiger partial charge in [0.25, 0.3) is 5.91 Å². The van der Waals surface area contributed by atoms with E-state index in [0.29, 0.717) is 11.6 Å². The Kier molecular flexibility index (Phi) is 3.87. The summed E-state index contributed by atoms with van der Waals surface area (Å²) in [7, 11) is 0. The maximum Gasteiger partial charge on any atom is 0.265 e. The zero-order chi connectivity index (χ0) is 14.9. The summed E-state index contributed by atoms with van der Waals surface area (Å²) in [4.78, 5) is 14.2. The van der Waals surface area contributed by atoms with E-state index in [0.717, 1.165) is 17.6 Å². The number of carbonyl (C=O) groups excluding carboxylic acids is 1. The van der Waals surface area contributed by atoms with Crippen LogP contribution in [0.15, 0.2) is 35.4 Å². The Morgan fingerprint density at radius 3 is 2.70 bits per heavy atom. The molecule has 0 aliphatic carbocycles. The zero-order valence-corrected chi connectivity index (χ0v) is 12.7. The third-order valence-corrected chi connectivity index (χ3v) is 4.15. The van der Waals surface area contributed by atoms with Crippen molar-refractivity contribution in [2.24, 2.45) is 0 Å². The summed E-state index contributed by atoms with van der Waals surface area (Å²) in [5, 5.41) is 9.80. The van der Waals surface area contributed by atoms with Crippen LogP contribution in [0.4, 0.5) is 0 Å². The van der Waals surface area contributed by atoms with E-state index in [4.69, 9.17) is 16.9 Å². The second kappa shape index (κ2) is 5.30. The average molecular weight is 289 g/mol. The Morgan fingerprint density at radius 2 is 2.10 bits per heavy atom. The minimum absolute atomic E-state index is 0.193. The Bertz CT molecular complexity index is 626. The Balaban J connectivity index is 2.41. The molecule has 0 saturated heterocycles. The second-order valence-corrected chi connectivity index (χ2v) is 5.98. The van der Waals surface area contributed by atoms with Crippen molar-refractivity contribution in [1.82, 2.24) is 4.90 Å². The molecule has 0 N–H and O–H groups in total. The predicted molar refractivity (Wildman–Crippen MR) is 79.1 cm³/mol. The van der Waals surface area contributed by atoms with Crippen LogP contribution in [0, 0.1) is 11.3 Å². The summed E-state index contributed by atoms with van der Waals surface area (Å²) in [5.74, 6) is -0.193. The summed E-state index contributed by atoms with van der Waals surface area (Å²) in [6.07, 6.45) is 0.735. The van der Waals surface area contributed by atoms with Crippen LogP contribution in [0.1, 0.15) is 32.8 Å². The number of amides is 1. The lowest BCUT2D eigenvalue weighted by atomic mass is 9.88. The zero-order valence-electron chi connectivity index (χ0n) is 11.9. The summed E-state index contributed by atoms with van der Waals surface area (Å²) in [5.41, 5.74) is 1.61. The lowest BCUT2D eigenvalue weighted by Gasteiger charge is -2.41. The molecule has 0 aromatic heterocycles. The van der Waals surface area contributed by atoms with Crippen molar-refractivity contribution < 1.29 is 4.79 Å². The van der Waals surface area contributed by atoms with Crippen LogP contribution in [0.25, 0.3) is 0 Å². The van der Waals surface area contributed by atoms with Gasteiger partial charge in [-0.1, -0.05) is 23.7 Å². The number of halogens is 1. The van der Waals surface area contributed by atoms with Gasteiger partial charge in [0.2, 0.25) is 0 Å². The van der Waals surface area contributed by atoms with Gasteiger partial charge in [-0.25, -0.2) is 0 Å². The van der Waals surface area contributed by atoms with Crippen LogP contribution < -0.4 is 0 Å². The molecule has 0 fully saturated rings. The van der Waals surface area contributed by atoms with Gasteiger partial charge in [0, 0.05) is 11.6 Å². The molecule has 1 aromatic rings. The highest BCUT2D eigenvalue weighted by molar-refractivity contribution is 6.30. The maximum absolute atomic E-state index is 12.5. The molecule has 20 heavy (non-hydrogen) atoms. The molecule has 4 heteroatoms. The number of hydrogen-bond donors (Lipinski definition) is 0. The van der Waals surface area contributed by atoms with Crippen molar-refractivity contribution in [3.05, 3.63) is 46.0 Å². The van der Waals surface area contributed by atoms with Crippen LogP contribution in [0.5, 0.6) is 0 Å². The van der Waals surface area contributed by atoms with Gasteiger partial charge in [0.05, 0.1) is 5.54 Å². The van der Waals surface area contributed by atoms with Crippen molar-refractivity contribution in [2.45, 2.75) is 32.7 Å². The van der Waals surface area contributed by atoms with E-state index >= 15 is 0 Å². The highest BCUT2D eigenvalue weighted by Crippen LogP contribution is 2.33.